The van der Waals surface area contributed by atoms with E-state index in [0.717, 1.165) is 37.5 Å². The molecule has 0 aromatic heterocycles. The van der Waals surface area contributed by atoms with Crippen LogP contribution in [0.4, 0.5) is 0 Å². The molecule has 4 bridgehead atoms. The number of carboxylic acid groups (broad SMARTS) is 1. The van der Waals surface area contributed by atoms with E-state index >= 15 is 0 Å². The van der Waals surface area contributed by atoms with E-state index in [4.69, 9.17) is 0 Å². The van der Waals surface area contributed by atoms with Crippen LogP contribution in [0.3, 0.4) is 0 Å². The highest BCUT2D eigenvalue weighted by atomic mass is 16.4. The Hall–Kier alpha value is -0.830. The van der Waals surface area contributed by atoms with Gasteiger partial charge in [-0.05, 0) is 55.8 Å². The van der Waals surface area contributed by atoms with Crippen molar-refractivity contribution in [1.29, 1.82) is 0 Å². The van der Waals surface area contributed by atoms with Crippen LogP contribution in [0.25, 0.3) is 0 Å². The van der Waals surface area contributed by atoms with Crippen LogP contribution in [-0.2, 0) is 4.79 Å². The predicted octanol–water partition coefficient (Wildman–Crippen LogP) is 2.45. The molecule has 4 aliphatic carbocycles. The Morgan fingerprint density at radius 1 is 1.17 bits per heavy atom. The van der Waals surface area contributed by atoms with Gasteiger partial charge in [0.1, 0.15) is 0 Å². The lowest BCUT2D eigenvalue weighted by Gasteiger charge is -2.57. The predicted molar refractivity (Wildman–Crippen MR) is 67.9 cm³/mol. The maximum absolute atomic E-state index is 11.5. The average molecular weight is 250 g/mol. The smallest absolute Gasteiger partial charge is 0.336 e. The zero-order valence-electron chi connectivity index (χ0n) is 10.7. The minimum absolute atomic E-state index is 0.0548. The van der Waals surface area contributed by atoms with Crippen molar-refractivity contribution in [2.75, 3.05) is 0 Å². The number of carbonyl (C=O) groups is 1. The van der Waals surface area contributed by atoms with Crippen LogP contribution in [-0.4, -0.2) is 21.8 Å². The van der Waals surface area contributed by atoms with E-state index in [1.807, 2.05) is 0 Å². The molecule has 4 rings (SSSR count). The fourth-order valence-corrected chi connectivity index (χ4v) is 5.29. The van der Waals surface area contributed by atoms with E-state index in [2.05, 4.69) is 6.58 Å². The Morgan fingerprint density at radius 3 is 2.06 bits per heavy atom. The molecular formula is C15H22O3. The minimum Gasteiger partial charge on any atom is -0.479 e. The van der Waals surface area contributed by atoms with E-state index in [9.17, 15) is 15.0 Å². The van der Waals surface area contributed by atoms with Crippen LogP contribution in [0.2, 0.25) is 0 Å². The van der Waals surface area contributed by atoms with E-state index < -0.39 is 11.6 Å². The van der Waals surface area contributed by atoms with Gasteiger partial charge in [0.2, 0.25) is 0 Å². The van der Waals surface area contributed by atoms with Crippen molar-refractivity contribution >= 4 is 5.97 Å². The summed E-state index contributed by atoms with van der Waals surface area (Å²) in [4.78, 5) is 11.5. The number of hydrogen-bond acceptors (Lipinski definition) is 2. The maximum Gasteiger partial charge on any atom is 0.336 e. The Kier molecular flexibility index (Phi) is 2.77. The van der Waals surface area contributed by atoms with Gasteiger partial charge in [0.15, 0.2) is 5.60 Å². The third-order valence-electron chi connectivity index (χ3n) is 5.60. The van der Waals surface area contributed by atoms with E-state index in [1.54, 1.807) is 6.08 Å². The first-order valence-corrected chi connectivity index (χ1v) is 7.11. The minimum atomic E-state index is -1.58. The van der Waals surface area contributed by atoms with Gasteiger partial charge in [0, 0.05) is 12.3 Å². The quantitative estimate of drug-likeness (QED) is 0.753. The van der Waals surface area contributed by atoms with Gasteiger partial charge in [-0.25, -0.2) is 4.79 Å². The van der Waals surface area contributed by atoms with E-state index in [0.29, 0.717) is 11.8 Å². The summed E-state index contributed by atoms with van der Waals surface area (Å²) in [6.07, 6.45) is 7.59. The number of hydrogen-bond donors (Lipinski definition) is 2. The summed E-state index contributed by atoms with van der Waals surface area (Å²) in [6, 6.07) is 0. The van der Waals surface area contributed by atoms with Crippen molar-refractivity contribution in [2.45, 2.75) is 44.1 Å². The van der Waals surface area contributed by atoms with Crippen molar-refractivity contribution < 1.29 is 15.0 Å². The second-order valence-corrected chi connectivity index (χ2v) is 6.68. The SMILES string of the molecule is C=CCC(O)(C(=O)O)C1C2CC3CC(C2)CC1C3. The van der Waals surface area contributed by atoms with E-state index in [-0.39, 0.29) is 12.3 Å². The molecule has 4 aliphatic rings. The van der Waals surface area contributed by atoms with Crippen molar-refractivity contribution in [1.82, 2.24) is 0 Å². The first kappa shape index (κ1) is 12.2. The highest BCUT2D eigenvalue weighted by Gasteiger charge is 2.57. The lowest BCUT2D eigenvalue weighted by atomic mass is 9.48. The molecule has 0 aromatic carbocycles. The first-order valence-electron chi connectivity index (χ1n) is 7.11. The summed E-state index contributed by atoms with van der Waals surface area (Å²) < 4.78 is 0. The molecule has 3 heteroatoms. The molecule has 3 nitrogen and oxygen atoms in total. The number of carboxylic acids is 1. The molecule has 1 unspecified atom stereocenters. The van der Waals surface area contributed by atoms with Crippen molar-refractivity contribution in [3.63, 3.8) is 0 Å². The highest BCUT2D eigenvalue weighted by Crippen LogP contribution is 2.59. The van der Waals surface area contributed by atoms with Gasteiger partial charge in [0.25, 0.3) is 0 Å². The standard InChI is InChI=1S/C15H22O3/c1-2-3-15(18,14(16)17)13-11-5-9-4-10(7-11)8-12(13)6-9/h2,9-13,18H,1,3-8H2,(H,16,17). The van der Waals surface area contributed by atoms with Crippen molar-refractivity contribution in [3.05, 3.63) is 12.7 Å². The Labute approximate surface area is 108 Å². The lowest BCUT2D eigenvalue weighted by molar-refractivity contribution is -0.185. The second kappa shape index (κ2) is 4.09. The maximum atomic E-state index is 11.5. The number of rotatable bonds is 4. The zero-order chi connectivity index (χ0) is 12.9. The summed E-state index contributed by atoms with van der Waals surface area (Å²) >= 11 is 0. The fourth-order valence-electron chi connectivity index (χ4n) is 5.29. The topological polar surface area (TPSA) is 57.5 Å². The molecule has 4 fully saturated rings. The summed E-state index contributed by atoms with van der Waals surface area (Å²) in [5, 5.41) is 20.1. The van der Waals surface area contributed by atoms with E-state index in [1.165, 1.54) is 6.42 Å². The van der Waals surface area contributed by atoms with Gasteiger partial charge in [-0.1, -0.05) is 6.08 Å². The molecule has 18 heavy (non-hydrogen) atoms. The highest BCUT2D eigenvalue weighted by molar-refractivity contribution is 5.78. The lowest BCUT2D eigenvalue weighted by Crippen LogP contribution is -2.58. The van der Waals surface area contributed by atoms with Crippen LogP contribution >= 0.6 is 0 Å². The zero-order valence-corrected chi connectivity index (χ0v) is 10.7. The molecule has 0 spiro atoms. The van der Waals surface area contributed by atoms with Crippen LogP contribution < -0.4 is 0 Å². The molecule has 0 aliphatic heterocycles. The van der Waals surface area contributed by atoms with Gasteiger partial charge >= 0.3 is 5.97 Å². The molecule has 0 amide bonds. The van der Waals surface area contributed by atoms with Gasteiger partial charge in [-0.3, -0.25) is 0 Å². The van der Waals surface area contributed by atoms with Gasteiger partial charge in [-0.2, -0.15) is 0 Å². The van der Waals surface area contributed by atoms with Crippen LogP contribution in [0.1, 0.15) is 38.5 Å². The van der Waals surface area contributed by atoms with Crippen molar-refractivity contribution in [2.24, 2.45) is 29.6 Å². The summed E-state index contributed by atoms with van der Waals surface area (Å²) in [7, 11) is 0. The van der Waals surface area contributed by atoms with Crippen molar-refractivity contribution in [3.8, 4) is 0 Å². The molecule has 0 aromatic rings. The van der Waals surface area contributed by atoms with Crippen LogP contribution in [0.15, 0.2) is 12.7 Å². The largest absolute Gasteiger partial charge is 0.479 e. The Balaban J connectivity index is 1.91. The molecule has 100 valence electrons. The summed E-state index contributed by atoms with van der Waals surface area (Å²) in [6.45, 7) is 3.62. The van der Waals surface area contributed by atoms with Gasteiger partial charge in [0.05, 0.1) is 0 Å². The Bertz CT molecular complexity index is 348. The molecular weight excluding hydrogens is 228 g/mol. The summed E-state index contributed by atoms with van der Waals surface area (Å²) in [5.74, 6) is 1.32. The number of aliphatic carboxylic acids is 1. The monoisotopic (exact) mass is 250 g/mol. The third kappa shape index (κ3) is 1.63. The molecule has 0 heterocycles. The number of aliphatic hydroxyl groups is 1. The fraction of sp³-hybridized carbons (Fsp3) is 0.800. The van der Waals surface area contributed by atoms with Gasteiger partial charge < -0.3 is 10.2 Å². The molecule has 0 radical (unpaired) electrons. The van der Waals surface area contributed by atoms with Crippen LogP contribution in [0.5, 0.6) is 0 Å². The second-order valence-electron chi connectivity index (χ2n) is 6.68. The van der Waals surface area contributed by atoms with Crippen LogP contribution in [0, 0.1) is 29.6 Å². The average Bonchev–Trinajstić information content (AvgIpc) is 2.27. The summed E-state index contributed by atoms with van der Waals surface area (Å²) in [5.41, 5.74) is -1.58. The first-order chi connectivity index (χ1) is 8.54. The normalized spacial score (nSPS) is 44.6. The Morgan fingerprint density at radius 2 is 1.67 bits per heavy atom. The van der Waals surface area contributed by atoms with Gasteiger partial charge in [-0.15, -0.1) is 6.58 Å². The molecule has 4 saturated carbocycles. The molecule has 0 saturated heterocycles. The third-order valence-corrected chi connectivity index (χ3v) is 5.60. The molecule has 1 atom stereocenters. The molecule has 2 N–H and O–H groups in total.